The molecule has 1 amide bonds. The van der Waals surface area contributed by atoms with E-state index in [1.54, 1.807) is 0 Å². The maximum atomic E-state index is 12.2. The van der Waals surface area contributed by atoms with E-state index in [0.29, 0.717) is 17.6 Å². The van der Waals surface area contributed by atoms with Crippen LogP contribution < -0.4 is 0 Å². The van der Waals surface area contributed by atoms with E-state index >= 15 is 0 Å². The van der Waals surface area contributed by atoms with Gasteiger partial charge in [0.15, 0.2) is 0 Å². The highest BCUT2D eigenvalue weighted by atomic mass is 35.5. The Balaban J connectivity index is 2.12. The quantitative estimate of drug-likeness (QED) is 0.586. The van der Waals surface area contributed by atoms with Crippen LogP contribution in [0.5, 0.6) is 0 Å². The van der Waals surface area contributed by atoms with Crippen LogP contribution in [0.15, 0.2) is 24.3 Å². The zero-order valence-electron chi connectivity index (χ0n) is 11.7. The van der Waals surface area contributed by atoms with E-state index < -0.39 is 0 Å². The molecule has 2 rings (SSSR count). The van der Waals surface area contributed by atoms with Crippen molar-refractivity contribution in [1.82, 2.24) is 4.90 Å². The fourth-order valence-electron chi connectivity index (χ4n) is 2.90. The Morgan fingerprint density at radius 2 is 1.90 bits per heavy atom. The lowest BCUT2D eigenvalue weighted by atomic mass is 10.1. The van der Waals surface area contributed by atoms with Gasteiger partial charge in [0.2, 0.25) is 5.91 Å². The van der Waals surface area contributed by atoms with Crippen LogP contribution in [0.1, 0.15) is 44.1 Å². The van der Waals surface area contributed by atoms with Crippen LogP contribution in [0, 0.1) is 0 Å². The second kappa shape index (κ2) is 7.90. The maximum absolute atomic E-state index is 12.2. The van der Waals surface area contributed by atoms with Crippen LogP contribution in [0.4, 0.5) is 0 Å². The number of carbonyl (C=O) groups excluding carboxylic acids is 1. The molecule has 0 spiro atoms. The largest absolute Gasteiger partial charge is 0.334 e. The summed E-state index contributed by atoms with van der Waals surface area (Å²) in [6, 6.07) is 8.03. The average Bonchev–Trinajstić information content (AvgIpc) is 2.73. The zero-order valence-corrected chi connectivity index (χ0v) is 13.2. The van der Waals surface area contributed by atoms with Gasteiger partial charge in [-0.05, 0) is 30.5 Å². The lowest BCUT2D eigenvalue weighted by Gasteiger charge is -2.31. The first-order valence-electron chi connectivity index (χ1n) is 7.30. The van der Waals surface area contributed by atoms with Crippen LogP contribution >= 0.6 is 23.2 Å². The number of hydrogen-bond acceptors (Lipinski definition) is 1. The Labute approximate surface area is 131 Å². The van der Waals surface area contributed by atoms with Gasteiger partial charge >= 0.3 is 0 Å². The van der Waals surface area contributed by atoms with Crippen LogP contribution in [-0.2, 0) is 11.3 Å². The van der Waals surface area contributed by atoms with Crippen LogP contribution in [0.25, 0.3) is 0 Å². The van der Waals surface area contributed by atoms with Crippen LogP contribution in [0.3, 0.4) is 0 Å². The van der Waals surface area contributed by atoms with Crippen molar-refractivity contribution in [2.75, 3.05) is 5.88 Å². The predicted molar refractivity (Wildman–Crippen MR) is 84.2 cm³/mol. The Bertz CT molecular complexity index is 442. The van der Waals surface area contributed by atoms with Gasteiger partial charge in [-0.15, -0.1) is 11.6 Å². The topological polar surface area (TPSA) is 20.3 Å². The number of carbonyl (C=O) groups is 1. The normalized spacial score (nSPS) is 16.7. The highest BCUT2D eigenvalue weighted by molar-refractivity contribution is 6.30. The molecule has 2 nitrogen and oxygen atoms in total. The summed E-state index contributed by atoms with van der Waals surface area (Å²) in [6.07, 6.45) is 7.12. The van der Waals surface area contributed by atoms with E-state index in [-0.39, 0.29) is 11.8 Å². The Morgan fingerprint density at radius 1 is 1.20 bits per heavy atom. The fraction of sp³-hybridized carbons (Fsp3) is 0.562. The zero-order chi connectivity index (χ0) is 14.4. The highest BCUT2D eigenvalue weighted by Crippen LogP contribution is 2.24. The molecule has 0 radical (unpaired) electrons. The van der Waals surface area contributed by atoms with Gasteiger partial charge in [0.1, 0.15) is 5.88 Å². The molecule has 1 aromatic rings. The molecule has 0 aromatic heterocycles. The minimum atomic E-state index is 0.0264. The first-order valence-corrected chi connectivity index (χ1v) is 8.22. The van der Waals surface area contributed by atoms with Crippen molar-refractivity contribution in [3.63, 3.8) is 0 Å². The summed E-state index contributed by atoms with van der Waals surface area (Å²) >= 11 is 11.8. The molecule has 4 heteroatoms. The molecule has 0 atom stereocenters. The van der Waals surface area contributed by atoms with Gasteiger partial charge in [-0.2, -0.15) is 0 Å². The lowest BCUT2D eigenvalue weighted by Crippen LogP contribution is -2.40. The lowest BCUT2D eigenvalue weighted by molar-refractivity contribution is -0.131. The van der Waals surface area contributed by atoms with Crippen molar-refractivity contribution < 1.29 is 4.79 Å². The maximum Gasteiger partial charge on any atom is 0.238 e. The van der Waals surface area contributed by atoms with Gasteiger partial charge in [-0.3, -0.25) is 4.79 Å². The average molecular weight is 314 g/mol. The third kappa shape index (κ3) is 4.39. The summed E-state index contributed by atoms with van der Waals surface area (Å²) < 4.78 is 0. The van der Waals surface area contributed by atoms with Crippen molar-refractivity contribution in [1.29, 1.82) is 0 Å². The number of alkyl halides is 1. The summed E-state index contributed by atoms with van der Waals surface area (Å²) in [5, 5.41) is 0.710. The number of hydrogen-bond donors (Lipinski definition) is 0. The highest BCUT2D eigenvalue weighted by Gasteiger charge is 2.24. The molecule has 0 aliphatic heterocycles. The van der Waals surface area contributed by atoms with Gasteiger partial charge in [-0.25, -0.2) is 0 Å². The van der Waals surface area contributed by atoms with Gasteiger partial charge in [0.25, 0.3) is 0 Å². The van der Waals surface area contributed by atoms with Crippen LogP contribution in [-0.4, -0.2) is 22.7 Å². The molecule has 1 saturated carbocycles. The molecule has 0 saturated heterocycles. The monoisotopic (exact) mass is 313 g/mol. The van der Waals surface area contributed by atoms with E-state index in [2.05, 4.69) is 0 Å². The molecule has 1 aliphatic rings. The van der Waals surface area contributed by atoms with Crippen molar-refractivity contribution in [2.45, 2.75) is 51.1 Å². The molecule has 1 aromatic carbocycles. The first-order chi connectivity index (χ1) is 9.70. The summed E-state index contributed by atoms with van der Waals surface area (Å²) in [4.78, 5) is 14.1. The van der Waals surface area contributed by atoms with E-state index in [4.69, 9.17) is 23.2 Å². The number of nitrogens with zero attached hydrogens (tertiary/aromatic N) is 1. The molecule has 0 heterocycles. The molecule has 0 N–H and O–H groups in total. The summed E-state index contributed by atoms with van der Waals surface area (Å²) in [7, 11) is 0. The van der Waals surface area contributed by atoms with Crippen molar-refractivity contribution in [3.05, 3.63) is 34.9 Å². The van der Waals surface area contributed by atoms with E-state index in [0.717, 1.165) is 18.4 Å². The van der Waals surface area contributed by atoms with Gasteiger partial charge in [0.05, 0.1) is 0 Å². The molecule has 0 bridgehead atoms. The molecule has 110 valence electrons. The molecule has 20 heavy (non-hydrogen) atoms. The molecular weight excluding hydrogens is 293 g/mol. The Morgan fingerprint density at radius 3 is 2.50 bits per heavy atom. The Hall–Kier alpha value is -0.730. The third-order valence-corrected chi connectivity index (χ3v) is 4.41. The van der Waals surface area contributed by atoms with E-state index in [1.165, 1.54) is 25.7 Å². The molecule has 1 aliphatic carbocycles. The summed E-state index contributed by atoms with van der Waals surface area (Å²) in [5.41, 5.74) is 1.07. The van der Waals surface area contributed by atoms with E-state index in [1.807, 2.05) is 29.2 Å². The van der Waals surface area contributed by atoms with Gasteiger partial charge in [-0.1, -0.05) is 49.4 Å². The minimum absolute atomic E-state index is 0.0264. The smallest absolute Gasteiger partial charge is 0.238 e. The fourth-order valence-corrected chi connectivity index (χ4v) is 3.27. The summed E-state index contributed by atoms with van der Waals surface area (Å²) in [6.45, 7) is 0.608. The van der Waals surface area contributed by atoms with E-state index in [9.17, 15) is 4.79 Å². The third-order valence-electron chi connectivity index (χ3n) is 3.94. The first kappa shape index (κ1) is 15.7. The SMILES string of the molecule is O=C(CCl)N(Cc1cccc(Cl)c1)C1CCCCCC1. The molecular formula is C16H21Cl2NO. The minimum Gasteiger partial charge on any atom is -0.334 e. The van der Waals surface area contributed by atoms with Crippen molar-refractivity contribution in [2.24, 2.45) is 0 Å². The number of rotatable bonds is 4. The standard InChI is InChI=1S/C16H21Cl2NO/c17-11-16(20)19(15-8-3-1-2-4-9-15)12-13-6-5-7-14(18)10-13/h5-7,10,15H,1-4,8-9,11-12H2. The number of halogens is 2. The van der Waals surface area contributed by atoms with Gasteiger partial charge in [0, 0.05) is 17.6 Å². The predicted octanol–water partition coefficient (Wildman–Crippen LogP) is 4.63. The van der Waals surface area contributed by atoms with Crippen molar-refractivity contribution in [3.8, 4) is 0 Å². The van der Waals surface area contributed by atoms with Gasteiger partial charge < -0.3 is 4.90 Å². The number of benzene rings is 1. The van der Waals surface area contributed by atoms with Crippen LogP contribution in [0.2, 0.25) is 5.02 Å². The summed E-state index contributed by atoms with van der Waals surface area (Å²) in [5.74, 6) is 0.0791. The number of amides is 1. The second-order valence-electron chi connectivity index (χ2n) is 5.43. The molecule has 1 fully saturated rings. The van der Waals surface area contributed by atoms with Crippen molar-refractivity contribution >= 4 is 29.1 Å². The molecule has 0 unspecified atom stereocenters. The Kier molecular flexibility index (Phi) is 6.18. The second-order valence-corrected chi connectivity index (χ2v) is 6.13.